The van der Waals surface area contributed by atoms with Crippen LogP contribution in [0, 0.1) is 23.7 Å². The van der Waals surface area contributed by atoms with Crippen molar-refractivity contribution in [1.29, 1.82) is 0 Å². The summed E-state index contributed by atoms with van der Waals surface area (Å²) in [4.78, 5) is 138. The highest BCUT2D eigenvalue weighted by Crippen LogP contribution is 2.30. The Balaban J connectivity index is 0.00000173. The number of hydrogen-bond donors (Lipinski definition) is 9. The number of amides is 7. The van der Waals surface area contributed by atoms with Gasteiger partial charge in [0.15, 0.2) is 18.9 Å². The number of benzene rings is 1. The van der Waals surface area contributed by atoms with Crippen LogP contribution < -0.4 is 21.3 Å². The number of aliphatic hydroxyl groups excluding tert-OH is 4. The molecule has 0 radical (unpaired) electrons. The van der Waals surface area contributed by atoms with Crippen LogP contribution in [0.5, 0.6) is 0 Å². The van der Waals surface area contributed by atoms with E-state index < -0.39 is 115 Å². The zero-order valence-corrected chi connectivity index (χ0v) is 69.8. The summed E-state index contributed by atoms with van der Waals surface area (Å²) in [5, 5.41) is 55.5. The van der Waals surface area contributed by atoms with Crippen LogP contribution in [0.2, 0.25) is 0 Å². The van der Waals surface area contributed by atoms with Crippen LogP contribution in [-0.4, -0.2) is 319 Å². The second-order valence-electron chi connectivity index (χ2n) is 28.7. The number of carbonyl (C=O) groups is 10. The average molecular weight is 1600 g/mol. The molecule has 6 unspecified atom stereocenters. The van der Waals surface area contributed by atoms with E-state index in [4.69, 9.17) is 72.5 Å². The van der Waals surface area contributed by atoms with Crippen LogP contribution in [0.4, 0.5) is 4.79 Å². The fourth-order valence-corrected chi connectivity index (χ4v) is 12.9. The van der Waals surface area contributed by atoms with E-state index in [2.05, 4.69) is 21.3 Å². The first-order chi connectivity index (χ1) is 53.3. The molecule has 0 spiro atoms. The maximum absolute atomic E-state index is 14.5. The van der Waals surface area contributed by atoms with E-state index in [0.29, 0.717) is 64.5 Å². The fraction of sp³-hybridized carbons (Fsp3) is 0.795. The van der Waals surface area contributed by atoms with Gasteiger partial charge in [-0.15, -0.1) is 0 Å². The van der Waals surface area contributed by atoms with Crippen molar-refractivity contribution in [3.8, 4) is 0 Å². The van der Waals surface area contributed by atoms with Crippen molar-refractivity contribution in [2.45, 2.75) is 251 Å². The molecule has 2 heterocycles. The van der Waals surface area contributed by atoms with E-state index >= 15 is 0 Å². The predicted molar refractivity (Wildman–Crippen MR) is 413 cm³/mol. The van der Waals surface area contributed by atoms with Crippen molar-refractivity contribution in [3.63, 3.8) is 0 Å². The topological polar surface area (TPSA) is 434 Å². The number of nitrogens with one attached hydrogen (secondary N) is 4. The summed E-state index contributed by atoms with van der Waals surface area (Å²) in [6.07, 6.45) is -0.280. The standard InChI is InChI=1S/C59H100N8O15.C12H22O7.C7H16O4/c1-15-39(7)52(65(11)57(74)50(37(3)4)63-56(73)51(38(5)6)64(9)10)46(77-12)34-48(70)66-30-20-25-44(66)53(79-14)40(8)54(71)62-43(33-41-23-18-17-19-24-41)55(72)60-28-22-32-80-58(75)45-26-21-31-67(45)47(69)27-29-61-59(76)81-36-49(78-13)82-42(16-2)35-68;1-3-9(7-13)19-12(17-2)8-18-11(16)6-4-5-10(14)15;1-3-6(4-8)11-7(5-9)10-2/h17-19,23-24,37-40,42-46,49-53,68H,15-16,20-22,25-36H2,1-14H3,(H,60,72)(H,61,76)(H,62,71)(H,63,73);9,12-13H,3-8H2,1-2H3,(H,14,15);6-9H,3-5H2,1-2H3/t39-,40+,42?,43-,44-,45-,46+,49?,50-,51-,52-,53+;;/m0../s1. The zero-order valence-electron chi connectivity index (χ0n) is 69.8. The average Bonchev–Trinajstić information content (AvgIpc) is 1.53. The minimum absolute atomic E-state index is 0.00483. The highest BCUT2D eigenvalue weighted by Gasteiger charge is 2.44. The van der Waals surface area contributed by atoms with Crippen LogP contribution in [0.15, 0.2) is 30.3 Å². The summed E-state index contributed by atoms with van der Waals surface area (Å²) >= 11 is 0. The lowest BCUT2D eigenvalue weighted by Crippen LogP contribution is -2.59. The first kappa shape index (κ1) is 103. The number of esters is 2. The first-order valence-electron chi connectivity index (χ1n) is 39.2. The van der Waals surface area contributed by atoms with Crippen LogP contribution >= 0.6 is 0 Å². The van der Waals surface area contributed by atoms with Crippen molar-refractivity contribution in [2.24, 2.45) is 23.7 Å². The summed E-state index contributed by atoms with van der Waals surface area (Å²) < 4.78 is 58.6. The van der Waals surface area contributed by atoms with Gasteiger partial charge in [0.05, 0.1) is 94.0 Å². The van der Waals surface area contributed by atoms with E-state index in [1.54, 1.807) is 23.8 Å². The number of hydrogen-bond acceptors (Lipinski definition) is 26. The summed E-state index contributed by atoms with van der Waals surface area (Å²) in [5.74, 6) is -5.10. The molecule has 7 amide bonds. The van der Waals surface area contributed by atoms with Crippen LogP contribution in [0.25, 0.3) is 0 Å². The van der Waals surface area contributed by atoms with Gasteiger partial charge in [0.2, 0.25) is 35.4 Å². The molecule has 646 valence electrons. The smallest absolute Gasteiger partial charge is 0.407 e. The van der Waals surface area contributed by atoms with Gasteiger partial charge in [-0.3, -0.25) is 43.3 Å². The lowest BCUT2D eigenvalue weighted by molar-refractivity contribution is -0.194. The van der Waals surface area contributed by atoms with Gasteiger partial charge in [-0.25, -0.2) is 9.59 Å². The van der Waals surface area contributed by atoms with Gasteiger partial charge in [-0.05, 0) is 95.2 Å². The van der Waals surface area contributed by atoms with E-state index in [1.807, 2.05) is 112 Å². The molecule has 3 rings (SSSR count). The summed E-state index contributed by atoms with van der Waals surface area (Å²) in [6, 6.07) is 5.19. The number of alkyl carbamates (subject to hydrolysis) is 1. The lowest BCUT2D eigenvalue weighted by atomic mass is 9.89. The highest BCUT2D eigenvalue weighted by molar-refractivity contribution is 5.91. The number of likely N-dealkylation sites (N-methyl/N-ethyl adjacent to an activating group) is 2. The molecule has 2 aliphatic heterocycles. The molecular formula is C78H138N8O26. The van der Waals surface area contributed by atoms with Crippen molar-refractivity contribution in [1.82, 2.24) is 40.9 Å². The quantitative estimate of drug-likeness (QED) is 0.0195. The Hall–Kier alpha value is -6.80. The first-order valence-corrected chi connectivity index (χ1v) is 39.2. The van der Waals surface area contributed by atoms with Crippen LogP contribution in [0.1, 0.15) is 165 Å². The van der Waals surface area contributed by atoms with Gasteiger partial charge in [0.25, 0.3) is 0 Å². The summed E-state index contributed by atoms with van der Waals surface area (Å²) in [7, 11) is 12.7. The maximum atomic E-state index is 14.5. The van der Waals surface area contributed by atoms with E-state index in [0.717, 1.165) is 5.56 Å². The Labute approximate surface area is 663 Å². The predicted octanol–water partition coefficient (Wildman–Crippen LogP) is 3.56. The van der Waals surface area contributed by atoms with Crippen molar-refractivity contribution in [3.05, 3.63) is 35.9 Å². The third-order valence-corrected chi connectivity index (χ3v) is 19.6. The Kier molecular flexibility index (Phi) is 53.5. The number of aliphatic carboxylic acids is 1. The normalized spacial score (nSPS) is 17.9. The van der Waals surface area contributed by atoms with Gasteiger partial charge >= 0.3 is 24.0 Å². The third-order valence-electron chi connectivity index (χ3n) is 19.6. The van der Waals surface area contributed by atoms with Gasteiger partial charge < -0.3 is 114 Å². The number of ether oxygens (including phenoxy) is 11. The number of carboxylic acid groups (broad SMARTS) is 1. The molecule has 16 atom stereocenters. The van der Waals surface area contributed by atoms with E-state index in [-0.39, 0.29) is 158 Å². The number of methoxy groups -OCH3 is 5. The van der Waals surface area contributed by atoms with Gasteiger partial charge in [-0.1, -0.05) is 106 Å². The molecule has 0 aromatic heterocycles. The number of likely N-dealkylation sites (tertiary alicyclic amines) is 2. The molecule has 0 bridgehead atoms. The fourth-order valence-electron chi connectivity index (χ4n) is 12.9. The minimum Gasteiger partial charge on any atom is -0.481 e. The number of carbonyl (C=O) groups excluding carboxylic acids is 9. The number of aliphatic hydroxyl groups is 4. The van der Waals surface area contributed by atoms with Gasteiger partial charge in [0.1, 0.15) is 31.3 Å². The van der Waals surface area contributed by atoms with E-state index in [9.17, 15) is 53.1 Å². The Bertz CT molecular complexity index is 2820. The Morgan fingerprint density at radius 2 is 1.13 bits per heavy atom. The molecule has 34 heteroatoms. The zero-order chi connectivity index (χ0) is 84.6. The second kappa shape index (κ2) is 58.1. The molecule has 0 aliphatic carbocycles. The molecule has 34 nitrogen and oxygen atoms in total. The number of nitrogens with zero attached hydrogens (tertiary/aromatic N) is 4. The van der Waals surface area contributed by atoms with E-state index in [1.165, 1.54) is 40.4 Å². The van der Waals surface area contributed by atoms with Gasteiger partial charge in [-0.2, -0.15) is 0 Å². The van der Waals surface area contributed by atoms with Crippen molar-refractivity contribution >= 4 is 59.4 Å². The molecular weight excluding hydrogens is 1460 g/mol. The van der Waals surface area contributed by atoms with Crippen LogP contribution in [0.3, 0.4) is 0 Å². The Morgan fingerprint density at radius 1 is 0.571 bits per heavy atom. The lowest BCUT2D eigenvalue weighted by Gasteiger charge is -2.41. The molecule has 112 heavy (non-hydrogen) atoms. The highest BCUT2D eigenvalue weighted by atomic mass is 16.7. The monoisotopic (exact) mass is 1600 g/mol. The molecule has 2 saturated heterocycles. The van der Waals surface area contributed by atoms with Crippen LogP contribution in [-0.2, 0) is 102 Å². The molecule has 2 aliphatic rings. The van der Waals surface area contributed by atoms with Crippen molar-refractivity contribution in [2.75, 3.05) is 129 Å². The summed E-state index contributed by atoms with van der Waals surface area (Å²) in [6.45, 7) is 18.9. The number of rotatable bonds is 53. The molecule has 2 fully saturated rings. The molecule has 1 aromatic carbocycles. The third kappa shape index (κ3) is 37.7. The minimum atomic E-state index is -0.997. The van der Waals surface area contributed by atoms with Crippen molar-refractivity contribution < 1.29 is 126 Å². The Morgan fingerprint density at radius 3 is 1.63 bits per heavy atom. The van der Waals surface area contributed by atoms with Gasteiger partial charge in [0, 0.05) is 94.5 Å². The summed E-state index contributed by atoms with van der Waals surface area (Å²) in [5.41, 5.74) is 0.807. The molecule has 0 saturated carbocycles. The second-order valence-corrected chi connectivity index (χ2v) is 28.7. The number of carboxylic acids is 1. The molecule has 1 aromatic rings. The SMILES string of the molecule is CCC(CO)OC(CO)OC.CCC(CO)OC(COC(=O)CCCC(=O)O)OC.CCC(CO)OC(COC(=O)NCCC(=O)N1CCC[C@H]1C(=O)OCCCNC(=O)[C@H](Cc1ccccc1)NC(=O)[C@H](C)[C@@H](OC)[C@@H]1CCCN1C(=O)C[C@@H](OC)[C@H]([C@@H](C)CC)N(C)C(=O)[C@@H](NC(=O)[C@H](C(C)C)N(C)C)C(C)C)OC. The maximum Gasteiger partial charge on any atom is 0.407 e. The molecule has 9 N–H and O–H groups in total. The largest absolute Gasteiger partial charge is 0.481 e.